The highest BCUT2D eigenvalue weighted by atomic mass is 16.4. The van der Waals surface area contributed by atoms with Crippen LogP contribution in [0, 0.1) is 0 Å². The molecule has 3 N–H and O–H groups in total. The van der Waals surface area contributed by atoms with Gasteiger partial charge in [0.25, 0.3) is 5.91 Å². The number of aromatic nitrogens is 4. The summed E-state index contributed by atoms with van der Waals surface area (Å²) in [6, 6.07) is 8.78. The number of carbonyl (C=O) groups excluding carboxylic acids is 2. The number of nitrogens with one attached hydrogen (secondary N) is 2. The van der Waals surface area contributed by atoms with Crippen molar-refractivity contribution in [3.8, 4) is 0 Å². The maximum absolute atomic E-state index is 12.9. The summed E-state index contributed by atoms with van der Waals surface area (Å²) in [5.74, 6) is -1.53. The Hall–Kier alpha value is -3.86. The van der Waals surface area contributed by atoms with E-state index in [4.69, 9.17) is 0 Å². The molecular weight excluding hydrogens is 414 g/mol. The molecule has 3 aromatic rings. The van der Waals surface area contributed by atoms with Gasteiger partial charge in [0.1, 0.15) is 19.4 Å². The third kappa shape index (κ3) is 4.89. The lowest BCUT2D eigenvalue weighted by Crippen LogP contribution is -2.44. The molecule has 3 heterocycles. The summed E-state index contributed by atoms with van der Waals surface area (Å²) in [7, 11) is 0. The first kappa shape index (κ1) is 21.4. The number of hydrogen-bond acceptors (Lipinski definition) is 7. The molecular formula is C21H23N7O4. The summed E-state index contributed by atoms with van der Waals surface area (Å²) >= 11 is 0. The van der Waals surface area contributed by atoms with Gasteiger partial charge in [-0.1, -0.05) is 18.2 Å². The van der Waals surface area contributed by atoms with Crippen molar-refractivity contribution in [3.63, 3.8) is 0 Å². The number of aliphatic carboxylic acids is 1. The molecule has 4 rings (SSSR count). The first-order valence-electron chi connectivity index (χ1n) is 10.3. The Bertz CT molecular complexity index is 1130. The maximum atomic E-state index is 12.9. The van der Waals surface area contributed by atoms with Crippen LogP contribution in [0.3, 0.4) is 0 Å². The normalized spacial score (nSPS) is 15.6. The van der Waals surface area contributed by atoms with Gasteiger partial charge in [0, 0.05) is 18.2 Å². The summed E-state index contributed by atoms with van der Waals surface area (Å²) in [5, 5.41) is 15.2. The molecule has 0 aliphatic carbocycles. The molecule has 1 saturated heterocycles. The third-order valence-corrected chi connectivity index (χ3v) is 5.26. The molecule has 11 nitrogen and oxygen atoms in total. The molecule has 1 aliphatic rings. The van der Waals surface area contributed by atoms with Gasteiger partial charge in [-0.3, -0.25) is 14.4 Å². The quantitative estimate of drug-likeness (QED) is 0.468. The second-order valence-electron chi connectivity index (χ2n) is 7.55. The number of nitrogens with zero attached hydrogens (tertiary/aromatic N) is 5. The fourth-order valence-corrected chi connectivity index (χ4v) is 3.70. The Morgan fingerprint density at radius 3 is 2.72 bits per heavy atom. The number of anilines is 1. The lowest BCUT2D eigenvalue weighted by atomic mass is 10.2. The van der Waals surface area contributed by atoms with E-state index >= 15 is 0 Å². The minimum absolute atomic E-state index is 0.0833. The van der Waals surface area contributed by atoms with E-state index in [1.807, 2.05) is 6.07 Å². The molecule has 1 aromatic carbocycles. The highest BCUT2D eigenvalue weighted by Gasteiger charge is 2.24. The maximum Gasteiger partial charge on any atom is 0.323 e. The zero-order valence-corrected chi connectivity index (χ0v) is 17.3. The van der Waals surface area contributed by atoms with Crippen molar-refractivity contribution in [2.24, 2.45) is 0 Å². The Balaban J connectivity index is 1.51. The molecule has 0 saturated carbocycles. The van der Waals surface area contributed by atoms with Crippen molar-refractivity contribution >= 4 is 34.8 Å². The predicted molar refractivity (Wildman–Crippen MR) is 115 cm³/mol. The van der Waals surface area contributed by atoms with Gasteiger partial charge in [0.05, 0.1) is 6.33 Å². The molecule has 0 radical (unpaired) electrons. The van der Waals surface area contributed by atoms with E-state index in [1.54, 1.807) is 24.3 Å². The first-order valence-corrected chi connectivity index (χ1v) is 10.3. The van der Waals surface area contributed by atoms with Crippen LogP contribution >= 0.6 is 0 Å². The summed E-state index contributed by atoms with van der Waals surface area (Å²) < 4.78 is 1.52. The highest BCUT2D eigenvalue weighted by Crippen LogP contribution is 2.18. The molecule has 11 heteroatoms. The topological polar surface area (TPSA) is 142 Å². The van der Waals surface area contributed by atoms with Crippen LogP contribution in [0.15, 0.2) is 43.0 Å². The van der Waals surface area contributed by atoms with Crippen LogP contribution in [-0.4, -0.2) is 73.0 Å². The molecule has 0 spiro atoms. The minimum atomic E-state index is -1.07. The van der Waals surface area contributed by atoms with Gasteiger partial charge in [-0.05, 0) is 31.5 Å². The number of benzene rings is 1. The number of carboxylic acid groups (broad SMARTS) is 1. The van der Waals surface area contributed by atoms with Gasteiger partial charge in [-0.25, -0.2) is 15.0 Å². The molecule has 1 fully saturated rings. The molecule has 0 bridgehead atoms. The van der Waals surface area contributed by atoms with Crippen molar-refractivity contribution in [3.05, 3.63) is 48.5 Å². The molecule has 1 aliphatic heterocycles. The van der Waals surface area contributed by atoms with Crippen LogP contribution in [0.2, 0.25) is 0 Å². The zero-order chi connectivity index (χ0) is 22.5. The third-order valence-electron chi connectivity index (χ3n) is 5.26. The van der Waals surface area contributed by atoms with Crippen LogP contribution in [0.25, 0.3) is 11.2 Å². The largest absolute Gasteiger partial charge is 0.480 e. The van der Waals surface area contributed by atoms with Gasteiger partial charge in [-0.15, -0.1) is 0 Å². The number of amides is 2. The Morgan fingerprint density at radius 1 is 1.19 bits per heavy atom. The van der Waals surface area contributed by atoms with E-state index in [2.05, 4.69) is 25.6 Å². The van der Waals surface area contributed by atoms with Crippen molar-refractivity contribution in [2.45, 2.75) is 25.4 Å². The van der Waals surface area contributed by atoms with Crippen LogP contribution in [0.1, 0.15) is 23.2 Å². The number of carboxylic acids is 1. The average Bonchev–Trinajstić information content (AvgIpc) is 3.44. The number of hydrogen-bond donors (Lipinski definition) is 3. The van der Waals surface area contributed by atoms with E-state index in [0.717, 1.165) is 19.4 Å². The van der Waals surface area contributed by atoms with E-state index in [-0.39, 0.29) is 36.8 Å². The monoisotopic (exact) mass is 437 g/mol. The lowest BCUT2D eigenvalue weighted by Gasteiger charge is -2.24. The van der Waals surface area contributed by atoms with Gasteiger partial charge in [-0.2, -0.15) is 0 Å². The molecule has 0 unspecified atom stereocenters. The lowest BCUT2D eigenvalue weighted by molar-refractivity contribution is -0.144. The minimum Gasteiger partial charge on any atom is -0.480 e. The molecule has 2 amide bonds. The summed E-state index contributed by atoms with van der Waals surface area (Å²) in [4.78, 5) is 50.5. The number of fused-ring (bicyclic) bond motifs is 1. The van der Waals surface area contributed by atoms with Crippen molar-refractivity contribution in [2.75, 3.05) is 25.0 Å². The van der Waals surface area contributed by atoms with Gasteiger partial charge in [0.2, 0.25) is 5.91 Å². The molecule has 166 valence electrons. The fourth-order valence-electron chi connectivity index (χ4n) is 3.70. The summed E-state index contributed by atoms with van der Waals surface area (Å²) in [6.07, 6.45) is 4.61. The number of imidazole rings is 1. The highest BCUT2D eigenvalue weighted by molar-refractivity contribution is 6.06. The van der Waals surface area contributed by atoms with Crippen molar-refractivity contribution in [1.29, 1.82) is 0 Å². The fraction of sp³-hybridized carbons (Fsp3) is 0.333. The van der Waals surface area contributed by atoms with Crippen molar-refractivity contribution in [1.82, 2.24) is 29.7 Å². The van der Waals surface area contributed by atoms with E-state index < -0.39 is 5.97 Å². The predicted octanol–water partition coefficient (Wildman–Crippen LogP) is 0.744. The van der Waals surface area contributed by atoms with Gasteiger partial charge < -0.3 is 25.2 Å². The Kier molecular flexibility index (Phi) is 6.36. The van der Waals surface area contributed by atoms with Crippen molar-refractivity contribution < 1.29 is 19.5 Å². The summed E-state index contributed by atoms with van der Waals surface area (Å²) in [6.45, 7) is 0.683. The second-order valence-corrected chi connectivity index (χ2v) is 7.55. The molecule has 32 heavy (non-hydrogen) atoms. The second kappa shape index (κ2) is 9.52. The summed E-state index contributed by atoms with van der Waals surface area (Å²) in [5.41, 5.74) is 1.18. The SMILES string of the molecule is O=C(O)CN(C[C@H]1CCCN1)C(=O)Cn1cnc2c(NC(=O)c3ccccc3)ncnc21. The zero-order valence-electron chi connectivity index (χ0n) is 17.3. The number of carbonyl (C=O) groups is 3. The first-order chi connectivity index (χ1) is 15.5. The smallest absolute Gasteiger partial charge is 0.323 e. The Labute approximate surface area is 183 Å². The van der Waals surface area contributed by atoms with Crippen LogP contribution in [0.4, 0.5) is 5.82 Å². The molecule has 2 aromatic heterocycles. The average molecular weight is 437 g/mol. The van der Waals surface area contributed by atoms with Crippen LogP contribution in [0.5, 0.6) is 0 Å². The van der Waals surface area contributed by atoms with E-state index in [9.17, 15) is 19.5 Å². The van der Waals surface area contributed by atoms with E-state index in [1.165, 1.54) is 22.1 Å². The van der Waals surface area contributed by atoms with Gasteiger partial charge in [0.15, 0.2) is 17.0 Å². The molecule has 1 atom stereocenters. The van der Waals surface area contributed by atoms with E-state index in [0.29, 0.717) is 23.3 Å². The van der Waals surface area contributed by atoms with Crippen LogP contribution < -0.4 is 10.6 Å². The van der Waals surface area contributed by atoms with Crippen LogP contribution in [-0.2, 0) is 16.1 Å². The Morgan fingerprint density at radius 2 is 2.00 bits per heavy atom. The van der Waals surface area contributed by atoms with Gasteiger partial charge >= 0.3 is 5.97 Å². The standard InChI is InChI=1S/C21H23N7O4/c29-16(27(11-17(30)31)9-15-7-4-8-22-15)10-28-13-25-18-19(23-12-24-20(18)28)26-21(32)14-5-2-1-3-6-14/h1-3,5-6,12-13,15,22H,4,7-11H2,(H,30,31)(H,23,24,26,32)/t15-/m1/s1. The number of rotatable bonds is 8.